The first-order chi connectivity index (χ1) is 7.18. The van der Waals surface area contributed by atoms with E-state index in [1.54, 1.807) is 6.92 Å². The summed E-state index contributed by atoms with van der Waals surface area (Å²) < 4.78 is 0. The number of hydrazine groups is 1. The molecular formula is C12H16N2O. The van der Waals surface area contributed by atoms with E-state index in [1.165, 1.54) is 0 Å². The Morgan fingerprint density at radius 2 is 2.33 bits per heavy atom. The molecule has 2 aliphatic heterocycles. The number of hydrogen-bond acceptors (Lipinski definition) is 3. The number of hydrogen-bond donors (Lipinski definition) is 1. The van der Waals surface area contributed by atoms with Gasteiger partial charge in [-0.15, -0.1) is 0 Å². The first kappa shape index (κ1) is 10.2. The molecule has 1 unspecified atom stereocenters. The molecule has 0 saturated heterocycles. The maximum absolute atomic E-state index is 11.7. The zero-order chi connectivity index (χ0) is 10.9. The molecule has 0 radical (unpaired) electrons. The zero-order valence-electron chi connectivity index (χ0n) is 9.16. The van der Waals surface area contributed by atoms with E-state index >= 15 is 0 Å². The van der Waals surface area contributed by atoms with Crippen molar-refractivity contribution < 1.29 is 4.79 Å². The van der Waals surface area contributed by atoms with Gasteiger partial charge < -0.3 is 0 Å². The number of rotatable bonds is 3. The monoisotopic (exact) mass is 204 g/mol. The summed E-state index contributed by atoms with van der Waals surface area (Å²) in [6, 6.07) is 0. The van der Waals surface area contributed by atoms with E-state index in [9.17, 15) is 4.79 Å². The maximum Gasteiger partial charge on any atom is 0.155 e. The van der Waals surface area contributed by atoms with Gasteiger partial charge in [-0.2, -0.15) is 0 Å². The van der Waals surface area contributed by atoms with Gasteiger partial charge in [0.15, 0.2) is 5.78 Å². The van der Waals surface area contributed by atoms with Crippen LogP contribution in [0.5, 0.6) is 0 Å². The third-order valence-corrected chi connectivity index (χ3v) is 2.88. The minimum absolute atomic E-state index is 0.174. The molecule has 2 aliphatic rings. The molecule has 0 aliphatic carbocycles. The Labute approximate surface area is 90.1 Å². The van der Waals surface area contributed by atoms with Crippen LogP contribution in [0.4, 0.5) is 0 Å². The van der Waals surface area contributed by atoms with Crippen LogP contribution in [0.1, 0.15) is 26.7 Å². The predicted molar refractivity (Wildman–Crippen MR) is 59.7 cm³/mol. The molecular weight excluding hydrogens is 188 g/mol. The molecule has 0 aromatic carbocycles. The summed E-state index contributed by atoms with van der Waals surface area (Å²) in [7, 11) is 0. The number of Topliss-reactive ketones (excluding diaryl/α,β-unsaturated/α-hetero) is 1. The van der Waals surface area contributed by atoms with Crippen molar-refractivity contribution in [1.82, 2.24) is 10.4 Å². The maximum atomic E-state index is 11.7. The van der Waals surface area contributed by atoms with Crippen LogP contribution < -0.4 is 5.43 Å². The Bertz CT molecular complexity index is 368. The van der Waals surface area contributed by atoms with Gasteiger partial charge in [0.25, 0.3) is 0 Å². The fraction of sp³-hybridized carbons (Fsp3) is 0.417. The second-order valence-electron chi connectivity index (χ2n) is 4.03. The van der Waals surface area contributed by atoms with E-state index in [2.05, 4.69) is 12.3 Å². The van der Waals surface area contributed by atoms with Gasteiger partial charge >= 0.3 is 0 Å². The van der Waals surface area contributed by atoms with Crippen LogP contribution in [-0.2, 0) is 4.79 Å². The number of nitrogens with one attached hydrogen (secondary N) is 1. The van der Waals surface area contributed by atoms with Crippen molar-refractivity contribution >= 4 is 5.78 Å². The molecule has 2 heterocycles. The number of nitrogens with zero attached hydrogens (tertiary/aromatic N) is 1. The summed E-state index contributed by atoms with van der Waals surface area (Å²) in [5, 5.41) is 1.91. The quantitative estimate of drug-likeness (QED) is 0.762. The first-order valence-electron chi connectivity index (χ1n) is 5.34. The standard InChI is InChI=1S/C12H16N2O/c1-3-7-12(10(2)15)9-11-6-4-5-8-14(11)13-12/h4-6,8-9,13H,3,7H2,1-2H3. The summed E-state index contributed by atoms with van der Waals surface area (Å²) in [4.78, 5) is 11.7. The van der Waals surface area contributed by atoms with Crippen molar-refractivity contribution in [3.05, 3.63) is 36.2 Å². The molecule has 0 saturated carbocycles. The lowest BCUT2D eigenvalue weighted by Crippen LogP contribution is -2.50. The Balaban J connectivity index is 2.31. The molecule has 0 bridgehead atoms. The average Bonchev–Trinajstić information content (AvgIpc) is 2.57. The molecule has 15 heavy (non-hydrogen) atoms. The van der Waals surface area contributed by atoms with Crippen LogP contribution in [0.3, 0.4) is 0 Å². The molecule has 3 nitrogen and oxygen atoms in total. The number of carbonyl (C=O) groups excluding carboxylic acids is 1. The Morgan fingerprint density at radius 1 is 1.53 bits per heavy atom. The van der Waals surface area contributed by atoms with Crippen molar-refractivity contribution in [3.63, 3.8) is 0 Å². The fourth-order valence-electron chi connectivity index (χ4n) is 2.05. The van der Waals surface area contributed by atoms with Crippen LogP contribution in [0.25, 0.3) is 0 Å². The lowest BCUT2D eigenvalue weighted by Gasteiger charge is -2.27. The van der Waals surface area contributed by atoms with E-state index in [0.717, 1.165) is 18.5 Å². The second kappa shape index (κ2) is 3.66. The Morgan fingerprint density at radius 3 is 2.93 bits per heavy atom. The predicted octanol–water partition coefficient (Wildman–Crippen LogP) is 1.90. The van der Waals surface area contributed by atoms with Gasteiger partial charge in [-0.05, 0) is 31.6 Å². The van der Waals surface area contributed by atoms with Gasteiger partial charge in [-0.25, -0.2) is 5.43 Å². The third kappa shape index (κ3) is 1.63. The summed E-state index contributed by atoms with van der Waals surface area (Å²) in [6.07, 6.45) is 11.7. The average molecular weight is 204 g/mol. The molecule has 0 fully saturated rings. The minimum Gasteiger partial charge on any atom is -0.297 e. The Hall–Kier alpha value is -1.35. The number of fused-ring (bicyclic) bond motifs is 1. The summed E-state index contributed by atoms with van der Waals surface area (Å²) in [5.41, 5.74) is 3.82. The highest BCUT2D eigenvalue weighted by atomic mass is 16.1. The lowest BCUT2D eigenvalue weighted by molar-refractivity contribution is -0.122. The number of allylic oxidation sites excluding steroid dienone is 3. The smallest absolute Gasteiger partial charge is 0.155 e. The molecule has 1 N–H and O–H groups in total. The van der Waals surface area contributed by atoms with Crippen LogP contribution in [0.2, 0.25) is 0 Å². The first-order valence-corrected chi connectivity index (χ1v) is 5.34. The minimum atomic E-state index is -0.497. The second-order valence-corrected chi connectivity index (χ2v) is 4.03. The van der Waals surface area contributed by atoms with Gasteiger partial charge in [0.1, 0.15) is 5.54 Å². The van der Waals surface area contributed by atoms with Gasteiger partial charge in [-0.1, -0.05) is 19.4 Å². The van der Waals surface area contributed by atoms with Crippen LogP contribution >= 0.6 is 0 Å². The van der Waals surface area contributed by atoms with Gasteiger partial charge in [0.05, 0.1) is 5.70 Å². The van der Waals surface area contributed by atoms with Crippen molar-refractivity contribution in [2.45, 2.75) is 32.2 Å². The fourth-order valence-corrected chi connectivity index (χ4v) is 2.05. The normalized spacial score (nSPS) is 27.9. The van der Waals surface area contributed by atoms with Gasteiger partial charge in [0.2, 0.25) is 0 Å². The van der Waals surface area contributed by atoms with Gasteiger partial charge in [-0.3, -0.25) is 9.80 Å². The number of carbonyl (C=O) groups is 1. The van der Waals surface area contributed by atoms with E-state index in [0.29, 0.717) is 0 Å². The highest BCUT2D eigenvalue weighted by Crippen LogP contribution is 2.28. The molecule has 0 amide bonds. The molecule has 2 rings (SSSR count). The number of ketones is 1. The van der Waals surface area contributed by atoms with Crippen LogP contribution in [0.15, 0.2) is 36.2 Å². The molecule has 1 atom stereocenters. The lowest BCUT2D eigenvalue weighted by atomic mass is 9.90. The van der Waals surface area contributed by atoms with Crippen molar-refractivity contribution in [3.8, 4) is 0 Å². The van der Waals surface area contributed by atoms with E-state index in [1.807, 2.05) is 35.5 Å². The summed E-state index contributed by atoms with van der Waals surface area (Å²) >= 11 is 0. The van der Waals surface area contributed by atoms with Crippen molar-refractivity contribution in [2.24, 2.45) is 0 Å². The summed E-state index contributed by atoms with van der Waals surface area (Å²) in [5.74, 6) is 0.174. The molecule has 3 heteroatoms. The van der Waals surface area contributed by atoms with E-state index < -0.39 is 5.54 Å². The van der Waals surface area contributed by atoms with Crippen LogP contribution in [0, 0.1) is 0 Å². The zero-order valence-corrected chi connectivity index (χ0v) is 9.16. The topological polar surface area (TPSA) is 32.3 Å². The highest BCUT2D eigenvalue weighted by Gasteiger charge is 2.39. The molecule has 0 aromatic heterocycles. The Kier molecular flexibility index (Phi) is 2.49. The molecule has 0 aromatic rings. The SMILES string of the molecule is CCCC1(C(C)=O)C=C2C=CC=CN2N1. The third-order valence-electron chi connectivity index (χ3n) is 2.88. The molecule has 0 spiro atoms. The summed E-state index contributed by atoms with van der Waals surface area (Å²) in [6.45, 7) is 3.74. The van der Waals surface area contributed by atoms with Crippen molar-refractivity contribution in [1.29, 1.82) is 0 Å². The van der Waals surface area contributed by atoms with E-state index in [-0.39, 0.29) is 5.78 Å². The van der Waals surface area contributed by atoms with Gasteiger partial charge in [0, 0.05) is 6.20 Å². The van der Waals surface area contributed by atoms with E-state index in [4.69, 9.17) is 0 Å². The largest absolute Gasteiger partial charge is 0.297 e. The molecule has 80 valence electrons. The highest BCUT2D eigenvalue weighted by molar-refractivity contribution is 5.89. The van der Waals surface area contributed by atoms with Crippen LogP contribution in [-0.4, -0.2) is 16.3 Å². The van der Waals surface area contributed by atoms with Crippen molar-refractivity contribution in [2.75, 3.05) is 0 Å².